The summed E-state index contributed by atoms with van der Waals surface area (Å²) in [4.78, 5) is 7.17. The number of halogens is 1. The van der Waals surface area contributed by atoms with Crippen molar-refractivity contribution in [2.75, 3.05) is 0 Å². The van der Waals surface area contributed by atoms with Crippen LogP contribution in [0.5, 0.6) is 0 Å². The standard InChI is InChI=1S/C18H17ClN2Se/c1-12-17(14-8-10-16(19)11-9-14)20-13(2)21(12)18(22)15-6-4-3-5-7-15/h3-13H,1-2H3. The summed E-state index contributed by atoms with van der Waals surface area (Å²) in [7, 11) is 0. The van der Waals surface area contributed by atoms with Crippen LogP contribution in [0, 0.1) is 0 Å². The number of hydrogen-bond acceptors (Lipinski definition) is 2. The first-order chi connectivity index (χ1) is 10.6. The normalized spacial score (nSPS) is 20.9. The molecule has 0 saturated heterocycles. The summed E-state index contributed by atoms with van der Waals surface area (Å²) < 4.78 is 1.13. The average molecular weight is 376 g/mol. The molecule has 0 aliphatic carbocycles. The molecule has 0 N–H and O–H groups in total. The van der Waals surface area contributed by atoms with Crippen molar-refractivity contribution in [1.29, 1.82) is 0 Å². The van der Waals surface area contributed by atoms with Gasteiger partial charge >= 0.3 is 144 Å². The molecular formula is C18H17ClN2Se. The van der Waals surface area contributed by atoms with Gasteiger partial charge in [0.15, 0.2) is 0 Å². The van der Waals surface area contributed by atoms with E-state index in [2.05, 4.69) is 58.6 Å². The fourth-order valence-corrected chi connectivity index (χ4v) is 3.90. The van der Waals surface area contributed by atoms with Gasteiger partial charge in [0.05, 0.1) is 0 Å². The van der Waals surface area contributed by atoms with Crippen LogP contribution >= 0.6 is 11.6 Å². The Hall–Kier alpha value is -1.41. The van der Waals surface area contributed by atoms with Crippen molar-refractivity contribution in [1.82, 2.24) is 4.90 Å². The first-order valence-corrected chi connectivity index (χ1v) is 8.52. The molecule has 1 aliphatic heterocycles. The molecule has 1 heterocycles. The van der Waals surface area contributed by atoms with E-state index in [9.17, 15) is 0 Å². The van der Waals surface area contributed by atoms with Gasteiger partial charge in [-0.3, -0.25) is 0 Å². The zero-order valence-corrected chi connectivity index (χ0v) is 15.0. The maximum absolute atomic E-state index is 5.98. The van der Waals surface area contributed by atoms with Crippen LogP contribution in [0.25, 0.3) is 0 Å². The summed E-state index contributed by atoms with van der Waals surface area (Å²) in [6.07, 6.45) is 0.108. The summed E-state index contributed by atoms with van der Waals surface area (Å²) in [5, 5.41) is 0.750. The van der Waals surface area contributed by atoms with Gasteiger partial charge in [-0.25, -0.2) is 0 Å². The van der Waals surface area contributed by atoms with Crippen LogP contribution in [-0.4, -0.2) is 42.9 Å². The van der Waals surface area contributed by atoms with Crippen LogP contribution in [0.15, 0.2) is 59.6 Å². The topological polar surface area (TPSA) is 15.6 Å². The van der Waals surface area contributed by atoms with E-state index in [4.69, 9.17) is 16.6 Å². The molecule has 2 nitrogen and oxygen atoms in total. The summed E-state index contributed by atoms with van der Waals surface area (Å²) in [5.74, 6) is 0. The van der Waals surface area contributed by atoms with Gasteiger partial charge in [0, 0.05) is 0 Å². The van der Waals surface area contributed by atoms with Crippen molar-refractivity contribution in [3.63, 3.8) is 0 Å². The van der Waals surface area contributed by atoms with Crippen LogP contribution in [0.2, 0.25) is 5.02 Å². The van der Waals surface area contributed by atoms with Gasteiger partial charge in [0.2, 0.25) is 0 Å². The Morgan fingerprint density at radius 1 is 1.05 bits per heavy atom. The minimum absolute atomic E-state index is 0.108. The number of benzene rings is 2. The molecule has 2 unspecified atom stereocenters. The molecule has 4 heteroatoms. The Kier molecular flexibility index (Phi) is 4.49. The molecule has 0 aromatic heterocycles. The summed E-state index contributed by atoms with van der Waals surface area (Å²) in [6, 6.07) is 18.5. The van der Waals surface area contributed by atoms with Crippen LogP contribution in [-0.2, 0) is 0 Å². The van der Waals surface area contributed by atoms with Crippen LogP contribution < -0.4 is 0 Å². The van der Waals surface area contributed by atoms with Gasteiger partial charge in [-0.05, 0) is 0 Å². The van der Waals surface area contributed by atoms with E-state index in [-0.39, 0.29) is 12.2 Å². The Bertz CT molecular complexity index is 710. The molecule has 0 fully saturated rings. The van der Waals surface area contributed by atoms with Gasteiger partial charge in [0.25, 0.3) is 0 Å². The third-order valence-corrected chi connectivity index (χ3v) is 5.13. The maximum atomic E-state index is 5.98. The molecule has 2 aromatic carbocycles. The van der Waals surface area contributed by atoms with E-state index in [1.807, 2.05) is 30.3 Å². The second-order valence-corrected chi connectivity index (χ2v) is 6.66. The van der Waals surface area contributed by atoms with Crippen molar-refractivity contribution >= 4 is 37.4 Å². The third kappa shape index (κ3) is 2.89. The minimum atomic E-state index is 0.108. The van der Waals surface area contributed by atoms with E-state index < -0.39 is 0 Å². The predicted octanol–water partition coefficient (Wildman–Crippen LogP) is 3.53. The second kappa shape index (κ2) is 6.37. The molecule has 22 heavy (non-hydrogen) atoms. The molecule has 0 spiro atoms. The van der Waals surface area contributed by atoms with Crippen molar-refractivity contribution in [2.24, 2.45) is 4.99 Å². The van der Waals surface area contributed by atoms with E-state index in [0.29, 0.717) is 0 Å². The van der Waals surface area contributed by atoms with E-state index in [0.717, 1.165) is 20.8 Å². The first kappa shape index (κ1) is 15.5. The predicted molar refractivity (Wildman–Crippen MR) is 95.1 cm³/mol. The zero-order chi connectivity index (χ0) is 15.7. The Morgan fingerprint density at radius 2 is 1.68 bits per heavy atom. The SMILES string of the molecule is CC1N=C(c2ccc(Cl)cc2)C(C)N1C(=[Se])c1ccccc1. The molecule has 1 aliphatic rings. The quantitative estimate of drug-likeness (QED) is 0.749. The molecular weight excluding hydrogens is 359 g/mol. The second-order valence-electron chi connectivity index (χ2n) is 5.41. The molecule has 112 valence electrons. The molecule has 3 rings (SSSR count). The van der Waals surface area contributed by atoms with E-state index in [1.54, 1.807) is 0 Å². The Balaban J connectivity index is 1.88. The van der Waals surface area contributed by atoms with Crippen molar-refractivity contribution in [3.05, 3.63) is 70.7 Å². The number of nitrogens with zero attached hydrogens (tertiary/aromatic N) is 2. The number of aliphatic imine (C=N–C) groups is 1. The summed E-state index contributed by atoms with van der Waals surface area (Å²) in [6.45, 7) is 4.32. The van der Waals surface area contributed by atoms with Crippen LogP contribution in [0.1, 0.15) is 25.0 Å². The van der Waals surface area contributed by atoms with Gasteiger partial charge in [0.1, 0.15) is 0 Å². The summed E-state index contributed by atoms with van der Waals surface area (Å²) >= 11 is 9.21. The molecule has 2 aromatic rings. The summed E-state index contributed by atoms with van der Waals surface area (Å²) in [5.41, 5.74) is 3.42. The molecule has 2 atom stereocenters. The van der Waals surface area contributed by atoms with Crippen molar-refractivity contribution in [3.8, 4) is 0 Å². The Labute approximate surface area is 144 Å². The van der Waals surface area contributed by atoms with Crippen LogP contribution in [0.4, 0.5) is 0 Å². The monoisotopic (exact) mass is 376 g/mol. The molecule has 0 amide bonds. The van der Waals surface area contributed by atoms with E-state index in [1.165, 1.54) is 5.56 Å². The fourth-order valence-electron chi connectivity index (χ4n) is 2.84. The molecule has 0 bridgehead atoms. The fraction of sp³-hybridized carbons (Fsp3) is 0.222. The van der Waals surface area contributed by atoms with Gasteiger partial charge in [-0.2, -0.15) is 0 Å². The third-order valence-electron chi connectivity index (χ3n) is 3.94. The number of hydrogen-bond donors (Lipinski definition) is 0. The first-order valence-electron chi connectivity index (χ1n) is 7.29. The van der Waals surface area contributed by atoms with Gasteiger partial charge < -0.3 is 0 Å². The van der Waals surface area contributed by atoms with Crippen molar-refractivity contribution < 1.29 is 0 Å². The molecule has 0 radical (unpaired) electrons. The number of rotatable bonds is 3. The van der Waals surface area contributed by atoms with Crippen molar-refractivity contribution in [2.45, 2.75) is 26.1 Å². The van der Waals surface area contributed by atoms with Crippen LogP contribution in [0.3, 0.4) is 0 Å². The average Bonchev–Trinajstić information content (AvgIpc) is 2.83. The van der Waals surface area contributed by atoms with Gasteiger partial charge in [-0.15, -0.1) is 0 Å². The Morgan fingerprint density at radius 3 is 2.32 bits per heavy atom. The van der Waals surface area contributed by atoms with Gasteiger partial charge in [-0.1, -0.05) is 0 Å². The molecule has 0 saturated carbocycles. The van der Waals surface area contributed by atoms with E-state index >= 15 is 0 Å². The zero-order valence-electron chi connectivity index (χ0n) is 12.5.